The van der Waals surface area contributed by atoms with Crippen molar-refractivity contribution in [3.8, 4) is 11.5 Å². The average Bonchev–Trinajstić information content (AvgIpc) is 3.01. The lowest BCUT2D eigenvalue weighted by Crippen LogP contribution is -2.06. The zero-order chi connectivity index (χ0) is 20.3. The van der Waals surface area contributed by atoms with Crippen LogP contribution < -0.4 is 9.47 Å². The Labute approximate surface area is 167 Å². The molecule has 1 aliphatic heterocycles. The molecule has 0 bridgehead atoms. The Balaban J connectivity index is 1.92. The highest BCUT2D eigenvalue weighted by Gasteiger charge is 2.25. The molecule has 0 aliphatic carbocycles. The number of esters is 1. The van der Waals surface area contributed by atoms with Gasteiger partial charge in [-0.1, -0.05) is 31.5 Å². The number of halogens is 2. The highest BCUT2D eigenvalue weighted by molar-refractivity contribution is 6.32. The lowest BCUT2D eigenvalue weighted by atomic mass is 10.1. The Bertz CT molecular complexity index is 969. The largest absolute Gasteiger partial charge is 0.493 e. The summed E-state index contributed by atoms with van der Waals surface area (Å²) in [7, 11) is 1.51. The van der Waals surface area contributed by atoms with Gasteiger partial charge in [-0.15, -0.1) is 0 Å². The zero-order valence-electron chi connectivity index (χ0n) is 15.7. The van der Waals surface area contributed by atoms with Crippen molar-refractivity contribution in [2.75, 3.05) is 13.7 Å². The highest BCUT2D eigenvalue weighted by atomic mass is 35.5. The number of ether oxygens (including phenoxy) is 3. The summed E-state index contributed by atoms with van der Waals surface area (Å²) in [6.07, 6.45) is 1.52. The summed E-state index contributed by atoms with van der Waals surface area (Å²) in [6, 6.07) is 9.01. The summed E-state index contributed by atoms with van der Waals surface area (Å²) in [6.45, 7) is 4.54. The third-order valence-corrected chi connectivity index (χ3v) is 4.09. The van der Waals surface area contributed by atoms with Crippen LogP contribution in [0.2, 0.25) is 5.02 Å². The van der Waals surface area contributed by atoms with Crippen LogP contribution >= 0.6 is 11.6 Å². The van der Waals surface area contributed by atoms with Crippen LogP contribution in [0.3, 0.4) is 0 Å². The molecule has 0 atom stereocenters. The van der Waals surface area contributed by atoms with E-state index in [9.17, 15) is 9.18 Å². The van der Waals surface area contributed by atoms with Crippen LogP contribution in [-0.2, 0) is 9.53 Å². The van der Waals surface area contributed by atoms with E-state index in [0.29, 0.717) is 40.2 Å². The number of benzene rings is 2. The molecule has 2 aromatic carbocycles. The maximum atomic E-state index is 13.4. The molecule has 0 unspecified atom stereocenters. The Morgan fingerprint density at radius 3 is 2.75 bits per heavy atom. The summed E-state index contributed by atoms with van der Waals surface area (Å²) in [4.78, 5) is 16.3. The average molecular weight is 404 g/mol. The van der Waals surface area contributed by atoms with E-state index in [-0.39, 0.29) is 11.6 Å². The van der Waals surface area contributed by atoms with Crippen molar-refractivity contribution < 1.29 is 23.4 Å². The quantitative estimate of drug-likeness (QED) is 0.510. The summed E-state index contributed by atoms with van der Waals surface area (Å²) in [5, 5.41) is 0.354. The summed E-state index contributed by atoms with van der Waals surface area (Å²) < 4.78 is 29.6. The molecule has 0 spiro atoms. The standard InChI is InChI=1S/C21H19ClFNO4/c1-12(2)11-27-19-16(22)7-13(9-18(19)26-3)8-17-21(25)28-20(24-17)14-5-4-6-15(23)10-14/h4-10,12H,11H2,1-3H3/b17-8-. The zero-order valence-corrected chi connectivity index (χ0v) is 16.4. The molecular weight excluding hydrogens is 385 g/mol. The predicted molar refractivity (Wildman–Crippen MR) is 105 cm³/mol. The van der Waals surface area contributed by atoms with Gasteiger partial charge in [0.2, 0.25) is 5.90 Å². The number of aliphatic imine (C=N–C) groups is 1. The number of nitrogens with zero attached hydrogens (tertiary/aromatic N) is 1. The van der Waals surface area contributed by atoms with Crippen molar-refractivity contribution in [2.24, 2.45) is 10.9 Å². The number of methoxy groups -OCH3 is 1. The molecule has 0 saturated carbocycles. The number of rotatable bonds is 6. The fraction of sp³-hybridized carbons (Fsp3) is 0.238. The molecule has 0 aromatic heterocycles. The van der Waals surface area contributed by atoms with E-state index in [1.54, 1.807) is 18.2 Å². The highest BCUT2D eigenvalue weighted by Crippen LogP contribution is 2.37. The summed E-state index contributed by atoms with van der Waals surface area (Å²) in [5.74, 6) is 0.187. The van der Waals surface area contributed by atoms with Crippen LogP contribution in [0, 0.1) is 11.7 Å². The first-order valence-corrected chi connectivity index (χ1v) is 9.04. The number of cyclic esters (lactones) is 1. The van der Waals surface area contributed by atoms with E-state index in [1.165, 1.54) is 31.4 Å². The monoisotopic (exact) mass is 403 g/mol. The summed E-state index contributed by atoms with van der Waals surface area (Å²) in [5.41, 5.74) is 1.05. The minimum Gasteiger partial charge on any atom is -0.493 e. The van der Waals surface area contributed by atoms with Crippen molar-refractivity contribution in [2.45, 2.75) is 13.8 Å². The van der Waals surface area contributed by atoms with Gasteiger partial charge in [-0.05, 0) is 47.9 Å². The molecule has 1 aliphatic rings. The van der Waals surface area contributed by atoms with E-state index in [2.05, 4.69) is 4.99 Å². The lowest BCUT2D eigenvalue weighted by molar-refractivity contribution is -0.129. The van der Waals surface area contributed by atoms with Gasteiger partial charge >= 0.3 is 5.97 Å². The maximum absolute atomic E-state index is 13.4. The van der Waals surface area contributed by atoms with E-state index in [1.807, 2.05) is 13.8 Å². The minimum absolute atomic E-state index is 0.0469. The predicted octanol–water partition coefficient (Wildman–Crippen LogP) is 4.87. The second-order valence-corrected chi connectivity index (χ2v) is 6.99. The third kappa shape index (κ3) is 4.51. The van der Waals surface area contributed by atoms with E-state index in [4.69, 9.17) is 25.8 Å². The Morgan fingerprint density at radius 1 is 1.29 bits per heavy atom. The van der Waals surface area contributed by atoms with Gasteiger partial charge < -0.3 is 14.2 Å². The molecule has 5 nitrogen and oxygen atoms in total. The van der Waals surface area contributed by atoms with Crippen molar-refractivity contribution in [3.63, 3.8) is 0 Å². The molecule has 1 heterocycles. The van der Waals surface area contributed by atoms with Crippen molar-refractivity contribution in [3.05, 3.63) is 64.1 Å². The Kier molecular flexibility index (Phi) is 5.99. The van der Waals surface area contributed by atoms with Crippen molar-refractivity contribution in [1.29, 1.82) is 0 Å². The molecular formula is C21H19ClFNO4. The molecule has 7 heteroatoms. The van der Waals surface area contributed by atoms with Gasteiger partial charge in [0.15, 0.2) is 17.2 Å². The van der Waals surface area contributed by atoms with Gasteiger partial charge in [0, 0.05) is 5.56 Å². The van der Waals surface area contributed by atoms with E-state index in [0.717, 1.165) is 0 Å². The van der Waals surface area contributed by atoms with Gasteiger partial charge in [0.1, 0.15) is 5.82 Å². The molecule has 0 amide bonds. The second-order valence-electron chi connectivity index (χ2n) is 6.59. The molecule has 146 valence electrons. The van der Waals surface area contributed by atoms with Crippen molar-refractivity contribution in [1.82, 2.24) is 0 Å². The normalized spacial score (nSPS) is 15.0. The minimum atomic E-state index is -0.630. The van der Waals surface area contributed by atoms with Crippen LogP contribution in [0.4, 0.5) is 4.39 Å². The lowest BCUT2D eigenvalue weighted by Gasteiger charge is -2.14. The van der Waals surface area contributed by atoms with Crippen LogP contribution in [0.25, 0.3) is 6.08 Å². The van der Waals surface area contributed by atoms with Crippen LogP contribution in [-0.4, -0.2) is 25.6 Å². The second kappa shape index (κ2) is 8.44. The third-order valence-electron chi connectivity index (χ3n) is 3.81. The first kappa shape index (κ1) is 19.9. The first-order chi connectivity index (χ1) is 13.4. The summed E-state index contributed by atoms with van der Waals surface area (Å²) >= 11 is 6.33. The van der Waals surface area contributed by atoms with Gasteiger partial charge in [0.05, 0.1) is 18.7 Å². The van der Waals surface area contributed by atoms with Gasteiger partial charge in [-0.3, -0.25) is 0 Å². The Morgan fingerprint density at radius 2 is 2.07 bits per heavy atom. The topological polar surface area (TPSA) is 57.1 Å². The van der Waals surface area contributed by atoms with Crippen LogP contribution in [0.5, 0.6) is 11.5 Å². The molecule has 0 radical (unpaired) electrons. The van der Waals surface area contributed by atoms with Gasteiger partial charge in [-0.2, -0.15) is 0 Å². The van der Waals surface area contributed by atoms with Crippen LogP contribution in [0.1, 0.15) is 25.0 Å². The molecule has 28 heavy (non-hydrogen) atoms. The SMILES string of the molecule is COc1cc(/C=C2\N=C(c3cccc(F)c3)OC2=O)cc(Cl)c1OCC(C)C. The fourth-order valence-corrected chi connectivity index (χ4v) is 2.80. The molecule has 3 rings (SSSR count). The number of hydrogen-bond acceptors (Lipinski definition) is 5. The van der Waals surface area contributed by atoms with E-state index < -0.39 is 11.8 Å². The first-order valence-electron chi connectivity index (χ1n) is 8.66. The fourth-order valence-electron chi connectivity index (χ4n) is 2.53. The van der Waals surface area contributed by atoms with Crippen LogP contribution in [0.15, 0.2) is 47.1 Å². The molecule has 2 aromatic rings. The number of carbonyl (C=O) groups is 1. The van der Waals surface area contributed by atoms with Gasteiger partial charge in [-0.25, -0.2) is 14.2 Å². The van der Waals surface area contributed by atoms with E-state index >= 15 is 0 Å². The number of hydrogen-bond donors (Lipinski definition) is 0. The van der Waals surface area contributed by atoms with Crippen molar-refractivity contribution >= 4 is 29.5 Å². The number of carbonyl (C=O) groups excluding carboxylic acids is 1. The maximum Gasteiger partial charge on any atom is 0.363 e. The smallest absolute Gasteiger partial charge is 0.363 e. The molecule has 0 saturated heterocycles. The Hall–Kier alpha value is -2.86. The molecule has 0 N–H and O–H groups in total. The molecule has 0 fully saturated rings. The van der Waals surface area contributed by atoms with Gasteiger partial charge in [0.25, 0.3) is 0 Å².